The fraction of sp³-hybridized carbons (Fsp3) is 0.526. The Labute approximate surface area is 163 Å². The van der Waals surface area contributed by atoms with Crippen molar-refractivity contribution in [1.82, 2.24) is 0 Å². The summed E-state index contributed by atoms with van der Waals surface area (Å²) in [6.45, 7) is 9.89. The van der Waals surface area contributed by atoms with Crippen molar-refractivity contribution in [1.29, 1.82) is 0 Å². The molecule has 2 aliphatic rings. The number of carbonyl (C=O) groups is 1. The molecule has 2 N–H and O–H groups in total. The maximum atomic E-state index is 13.5. The summed E-state index contributed by atoms with van der Waals surface area (Å²) in [5, 5.41) is 9.51. The van der Waals surface area contributed by atoms with Crippen molar-refractivity contribution >= 4 is 35.8 Å². The third-order valence-corrected chi connectivity index (χ3v) is 8.67. The van der Waals surface area contributed by atoms with E-state index >= 15 is 0 Å². The van der Waals surface area contributed by atoms with Crippen molar-refractivity contribution in [2.45, 2.75) is 43.7 Å². The van der Waals surface area contributed by atoms with Crippen LogP contribution in [0, 0.1) is 5.92 Å². The maximum absolute atomic E-state index is 13.5. The molecule has 5 nitrogen and oxygen atoms in total. The van der Waals surface area contributed by atoms with Crippen LogP contribution < -0.4 is 4.90 Å². The van der Waals surface area contributed by atoms with Gasteiger partial charge in [0.25, 0.3) is 5.91 Å². The Morgan fingerprint density at radius 1 is 1.46 bits per heavy atom. The van der Waals surface area contributed by atoms with E-state index in [1.807, 2.05) is 38.2 Å². The first kappa shape index (κ1) is 19.8. The molecule has 1 aromatic carbocycles. The standard InChI is InChI=1S/C19H26BrNO4Si/c1-5-9-21-15-7-6-13(20)11-14(15)19(18(21)23)12(2)17(26(3,4)24)16(25-19)8-10-22/h5-7,11-12,16-17,22,24H,1,8-10H2,2-4H3/t12-,16+,17-,19+/m1/s1. The molecule has 0 radical (unpaired) electrons. The molecular weight excluding hydrogens is 414 g/mol. The average molecular weight is 440 g/mol. The molecular formula is C19H26BrNO4Si. The van der Waals surface area contributed by atoms with Gasteiger partial charge < -0.3 is 19.5 Å². The zero-order chi connectivity index (χ0) is 19.3. The monoisotopic (exact) mass is 439 g/mol. The second kappa shape index (κ2) is 6.87. The molecule has 1 saturated heterocycles. The number of rotatable bonds is 5. The van der Waals surface area contributed by atoms with E-state index in [9.17, 15) is 14.7 Å². The van der Waals surface area contributed by atoms with Gasteiger partial charge in [-0.25, -0.2) is 0 Å². The lowest BCUT2D eigenvalue weighted by molar-refractivity contribution is -0.146. The molecule has 7 heteroatoms. The number of anilines is 1. The first-order valence-corrected chi connectivity index (χ1v) is 12.7. The van der Waals surface area contributed by atoms with Crippen molar-refractivity contribution in [2.24, 2.45) is 5.92 Å². The fourth-order valence-electron chi connectivity index (χ4n) is 4.76. The second-order valence-corrected chi connectivity index (χ2v) is 12.6. The third-order valence-electron chi connectivity index (χ3n) is 5.67. The number of nitrogens with zero attached hydrogens (tertiary/aromatic N) is 1. The van der Waals surface area contributed by atoms with Gasteiger partial charge in [0.05, 0.1) is 11.8 Å². The summed E-state index contributed by atoms with van der Waals surface area (Å²) in [6, 6.07) is 5.77. The fourth-order valence-corrected chi connectivity index (χ4v) is 7.72. The van der Waals surface area contributed by atoms with Crippen molar-refractivity contribution < 1.29 is 19.4 Å². The van der Waals surface area contributed by atoms with Crippen molar-refractivity contribution in [2.75, 3.05) is 18.1 Å². The number of carbonyl (C=O) groups excluding carboxylic acids is 1. The van der Waals surface area contributed by atoms with Gasteiger partial charge >= 0.3 is 0 Å². The summed E-state index contributed by atoms with van der Waals surface area (Å²) < 4.78 is 7.32. The predicted molar refractivity (Wildman–Crippen MR) is 108 cm³/mol. The lowest BCUT2D eigenvalue weighted by Crippen LogP contribution is -2.46. The van der Waals surface area contributed by atoms with Gasteiger partial charge in [0.2, 0.25) is 0 Å². The van der Waals surface area contributed by atoms with Gasteiger partial charge in [0, 0.05) is 34.6 Å². The van der Waals surface area contributed by atoms with Gasteiger partial charge in [-0.2, -0.15) is 0 Å². The van der Waals surface area contributed by atoms with E-state index in [0.29, 0.717) is 13.0 Å². The number of aliphatic hydroxyl groups excluding tert-OH is 1. The molecule has 1 fully saturated rings. The van der Waals surface area contributed by atoms with E-state index in [0.717, 1.165) is 15.7 Å². The number of benzene rings is 1. The molecule has 0 bridgehead atoms. The van der Waals surface area contributed by atoms with E-state index in [1.165, 1.54) is 0 Å². The van der Waals surface area contributed by atoms with Crippen LogP contribution in [0.25, 0.3) is 0 Å². The topological polar surface area (TPSA) is 70.0 Å². The Bertz CT molecular complexity index is 735. The maximum Gasteiger partial charge on any atom is 0.264 e. The largest absolute Gasteiger partial charge is 0.432 e. The Kier molecular flexibility index (Phi) is 5.22. The zero-order valence-electron chi connectivity index (χ0n) is 15.4. The van der Waals surface area contributed by atoms with Gasteiger partial charge in [-0.05, 0) is 37.7 Å². The van der Waals surface area contributed by atoms with E-state index in [4.69, 9.17) is 4.74 Å². The summed E-state index contributed by atoms with van der Waals surface area (Å²) in [5.41, 5.74) is 0.384. The highest BCUT2D eigenvalue weighted by Crippen LogP contribution is 2.59. The van der Waals surface area contributed by atoms with Crippen molar-refractivity contribution in [3.63, 3.8) is 0 Å². The molecule has 2 aliphatic heterocycles. The van der Waals surface area contributed by atoms with Crippen LogP contribution in [-0.4, -0.2) is 43.4 Å². The van der Waals surface area contributed by atoms with Gasteiger partial charge in [0.1, 0.15) is 0 Å². The molecule has 4 atom stereocenters. The van der Waals surface area contributed by atoms with E-state index in [2.05, 4.69) is 22.5 Å². The molecule has 0 aromatic heterocycles. The first-order chi connectivity index (χ1) is 12.2. The second-order valence-electron chi connectivity index (χ2n) is 7.74. The smallest absolute Gasteiger partial charge is 0.264 e. The number of halogens is 1. The molecule has 0 unspecified atom stereocenters. The normalized spacial score (nSPS) is 30.9. The van der Waals surface area contributed by atoms with Crippen LogP contribution >= 0.6 is 15.9 Å². The summed E-state index contributed by atoms with van der Waals surface area (Å²) in [5.74, 6) is -0.303. The molecule has 3 rings (SSSR count). The number of aliphatic hydroxyl groups is 1. The molecule has 1 aromatic rings. The number of hydrogen-bond donors (Lipinski definition) is 2. The van der Waals surface area contributed by atoms with Gasteiger partial charge in [-0.15, -0.1) is 6.58 Å². The summed E-state index contributed by atoms with van der Waals surface area (Å²) in [7, 11) is -2.62. The lowest BCUT2D eigenvalue weighted by atomic mass is 9.82. The Morgan fingerprint density at radius 2 is 2.15 bits per heavy atom. The van der Waals surface area contributed by atoms with E-state index in [1.54, 1.807) is 11.0 Å². The minimum atomic E-state index is -2.62. The Balaban J connectivity index is 2.18. The first-order valence-electron chi connectivity index (χ1n) is 8.92. The lowest BCUT2D eigenvalue weighted by Gasteiger charge is -2.32. The van der Waals surface area contributed by atoms with Crippen LogP contribution in [0.5, 0.6) is 0 Å². The molecule has 0 saturated carbocycles. The SMILES string of the molecule is C=CCN1C(=O)[C@@]2(O[C@@H](CCO)[C@H]([Si](C)(C)O)[C@H]2C)c2cc(Br)ccc21. The zero-order valence-corrected chi connectivity index (χ0v) is 18.0. The minimum Gasteiger partial charge on any atom is -0.432 e. The van der Waals surface area contributed by atoms with E-state index < -0.39 is 13.9 Å². The third kappa shape index (κ3) is 2.81. The van der Waals surface area contributed by atoms with Crippen LogP contribution in [0.1, 0.15) is 18.9 Å². The van der Waals surface area contributed by atoms with Gasteiger partial charge in [-0.1, -0.05) is 28.9 Å². The highest BCUT2D eigenvalue weighted by Gasteiger charge is 2.65. The van der Waals surface area contributed by atoms with Gasteiger partial charge in [-0.3, -0.25) is 4.79 Å². The van der Waals surface area contributed by atoms with Gasteiger partial charge in [0.15, 0.2) is 13.9 Å². The van der Waals surface area contributed by atoms with Crippen LogP contribution in [0.3, 0.4) is 0 Å². The molecule has 1 amide bonds. The molecule has 1 spiro atoms. The number of amides is 1. The highest BCUT2D eigenvalue weighted by atomic mass is 79.9. The summed E-state index contributed by atoms with van der Waals surface area (Å²) >= 11 is 3.51. The molecule has 26 heavy (non-hydrogen) atoms. The van der Waals surface area contributed by atoms with Crippen molar-refractivity contribution in [3.05, 3.63) is 40.9 Å². The number of fused-ring (bicyclic) bond motifs is 2. The molecule has 0 aliphatic carbocycles. The van der Waals surface area contributed by atoms with Crippen molar-refractivity contribution in [3.8, 4) is 0 Å². The Hall–Kier alpha value is -0.993. The quantitative estimate of drug-likeness (QED) is 0.545. The van der Waals surface area contributed by atoms with Crippen LogP contribution in [0.4, 0.5) is 5.69 Å². The highest BCUT2D eigenvalue weighted by molar-refractivity contribution is 9.10. The van der Waals surface area contributed by atoms with Crippen LogP contribution in [0.15, 0.2) is 35.3 Å². The summed E-state index contributed by atoms with van der Waals surface area (Å²) in [4.78, 5) is 26.1. The number of hydrogen-bond acceptors (Lipinski definition) is 4. The predicted octanol–water partition coefficient (Wildman–Crippen LogP) is 3.16. The molecule has 142 valence electrons. The average Bonchev–Trinajstić information content (AvgIpc) is 2.96. The molecule has 2 heterocycles. The van der Waals surface area contributed by atoms with E-state index in [-0.39, 0.29) is 30.1 Å². The summed E-state index contributed by atoms with van der Waals surface area (Å²) in [6.07, 6.45) is 1.77. The van der Waals surface area contributed by atoms with Crippen LogP contribution in [-0.2, 0) is 15.1 Å². The Morgan fingerprint density at radius 3 is 2.73 bits per heavy atom. The number of ether oxygens (including phenoxy) is 1. The minimum absolute atomic E-state index is 0.0374. The van der Waals surface area contributed by atoms with Crippen LogP contribution in [0.2, 0.25) is 18.6 Å².